The molecule has 17 heavy (non-hydrogen) atoms. The van der Waals surface area contributed by atoms with Crippen LogP contribution in [0.3, 0.4) is 0 Å². The molecular formula is C14H14N2O. The van der Waals surface area contributed by atoms with Gasteiger partial charge in [-0.2, -0.15) is 0 Å². The highest BCUT2D eigenvalue weighted by atomic mass is 16.1. The smallest absolute Gasteiger partial charge is 0.248 e. The third-order valence-electron chi connectivity index (χ3n) is 2.77. The molecule has 0 radical (unpaired) electrons. The zero-order chi connectivity index (χ0) is 12.3. The Hall–Kier alpha value is -2.16. The van der Waals surface area contributed by atoms with E-state index < -0.39 is 0 Å². The SMILES string of the molecule is CCc1cc(-c2ccncc2)ccc1C(N)=O. The number of aromatic nitrogens is 1. The first-order valence-corrected chi connectivity index (χ1v) is 5.55. The first kappa shape index (κ1) is 11.3. The minimum absolute atomic E-state index is 0.372. The third-order valence-corrected chi connectivity index (χ3v) is 2.77. The molecular weight excluding hydrogens is 212 g/mol. The molecule has 1 amide bonds. The molecule has 0 aliphatic carbocycles. The number of primary amides is 1. The van der Waals surface area contributed by atoms with E-state index in [1.165, 1.54) is 0 Å². The Morgan fingerprint density at radius 2 is 1.88 bits per heavy atom. The molecule has 0 bridgehead atoms. The van der Waals surface area contributed by atoms with Crippen LogP contribution in [0, 0.1) is 0 Å². The van der Waals surface area contributed by atoms with E-state index in [1.54, 1.807) is 18.5 Å². The standard InChI is InChI=1S/C14H14N2O/c1-2-10-9-12(3-4-13(10)14(15)17)11-5-7-16-8-6-11/h3-9H,2H2,1H3,(H2,15,17). The Morgan fingerprint density at radius 1 is 1.18 bits per heavy atom. The van der Waals surface area contributed by atoms with Gasteiger partial charge >= 0.3 is 0 Å². The Labute approximate surface area is 100 Å². The highest BCUT2D eigenvalue weighted by Crippen LogP contribution is 2.22. The minimum Gasteiger partial charge on any atom is -0.366 e. The Bertz CT molecular complexity index is 535. The molecule has 0 spiro atoms. The lowest BCUT2D eigenvalue weighted by atomic mass is 9.98. The highest BCUT2D eigenvalue weighted by Gasteiger charge is 2.08. The van der Waals surface area contributed by atoms with Crippen LogP contribution in [-0.2, 0) is 6.42 Å². The summed E-state index contributed by atoms with van der Waals surface area (Å²) in [6.45, 7) is 2.01. The van der Waals surface area contributed by atoms with Crippen LogP contribution in [0.1, 0.15) is 22.8 Å². The number of hydrogen-bond donors (Lipinski definition) is 1. The van der Waals surface area contributed by atoms with Gasteiger partial charge in [-0.05, 0) is 41.3 Å². The summed E-state index contributed by atoms with van der Waals surface area (Å²) in [6.07, 6.45) is 4.29. The number of rotatable bonds is 3. The van der Waals surface area contributed by atoms with Crippen molar-refractivity contribution in [1.29, 1.82) is 0 Å². The summed E-state index contributed by atoms with van der Waals surface area (Å²) in [5, 5.41) is 0. The van der Waals surface area contributed by atoms with E-state index in [4.69, 9.17) is 5.73 Å². The molecule has 1 aromatic carbocycles. The number of carbonyl (C=O) groups is 1. The quantitative estimate of drug-likeness (QED) is 0.873. The van der Waals surface area contributed by atoms with Crippen LogP contribution in [0.2, 0.25) is 0 Å². The van der Waals surface area contributed by atoms with Crippen LogP contribution in [0.5, 0.6) is 0 Å². The van der Waals surface area contributed by atoms with Gasteiger partial charge in [-0.25, -0.2) is 0 Å². The van der Waals surface area contributed by atoms with Gasteiger partial charge in [-0.1, -0.05) is 19.1 Å². The number of aryl methyl sites for hydroxylation is 1. The molecule has 0 atom stereocenters. The lowest BCUT2D eigenvalue weighted by Gasteiger charge is -2.07. The van der Waals surface area contributed by atoms with Crippen molar-refractivity contribution in [1.82, 2.24) is 4.98 Å². The van der Waals surface area contributed by atoms with Crippen LogP contribution >= 0.6 is 0 Å². The van der Waals surface area contributed by atoms with E-state index in [2.05, 4.69) is 4.98 Å². The third kappa shape index (κ3) is 2.33. The topological polar surface area (TPSA) is 56.0 Å². The first-order valence-electron chi connectivity index (χ1n) is 5.55. The number of nitrogens with zero attached hydrogens (tertiary/aromatic N) is 1. The van der Waals surface area contributed by atoms with E-state index in [0.29, 0.717) is 5.56 Å². The van der Waals surface area contributed by atoms with Crippen molar-refractivity contribution in [3.05, 3.63) is 53.9 Å². The first-order chi connectivity index (χ1) is 8.22. The number of carbonyl (C=O) groups excluding carboxylic acids is 1. The molecule has 3 nitrogen and oxygen atoms in total. The summed E-state index contributed by atoms with van der Waals surface area (Å²) < 4.78 is 0. The Balaban J connectivity index is 2.49. The lowest BCUT2D eigenvalue weighted by molar-refractivity contribution is 0.0999. The molecule has 1 heterocycles. The molecule has 2 aromatic rings. The van der Waals surface area contributed by atoms with Crippen molar-refractivity contribution in [2.45, 2.75) is 13.3 Å². The van der Waals surface area contributed by atoms with Crippen LogP contribution in [0.25, 0.3) is 11.1 Å². The van der Waals surface area contributed by atoms with Gasteiger partial charge in [0.15, 0.2) is 0 Å². The predicted molar refractivity (Wildman–Crippen MR) is 67.6 cm³/mol. The fourth-order valence-corrected chi connectivity index (χ4v) is 1.85. The van der Waals surface area contributed by atoms with E-state index in [-0.39, 0.29) is 5.91 Å². The molecule has 0 aliphatic rings. The van der Waals surface area contributed by atoms with Crippen molar-refractivity contribution >= 4 is 5.91 Å². The van der Waals surface area contributed by atoms with Crippen molar-refractivity contribution in [3.8, 4) is 11.1 Å². The molecule has 0 aliphatic heterocycles. The summed E-state index contributed by atoms with van der Waals surface area (Å²) in [5.74, 6) is -0.372. The normalized spacial score (nSPS) is 10.2. The summed E-state index contributed by atoms with van der Waals surface area (Å²) in [4.78, 5) is 15.2. The fourth-order valence-electron chi connectivity index (χ4n) is 1.85. The van der Waals surface area contributed by atoms with Gasteiger partial charge in [-0.15, -0.1) is 0 Å². The van der Waals surface area contributed by atoms with E-state index in [1.807, 2.05) is 31.2 Å². The molecule has 0 unspecified atom stereocenters. The highest BCUT2D eigenvalue weighted by molar-refractivity contribution is 5.95. The maximum atomic E-state index is 11.2. The largest absolute Gasteiger partial charge is 0.366 e. The summed E-state index contributed by atoms with van der Waals surface area (Å²) >= 11 is 0. The van der Waals surface area contributed by atoms with Crippen molar-refractivity contribution < 1.29 is 4.79 Å². The average molecular weight is 226 g/mol. The van der Waals surface area contributed by atoms with Crippen molar-refractivity contribution in [2.75, 3.05) is 0 Å². The van der Waals surface area contributed by atoms with Crippen molar-refractivity contribution in [2.24, 2.45) is 5.73 Å². The van der Waals surface area contributed by atoms with Gasteiger partial charge in [0, 0.05) is 18.0 Å². The molecule has 86 valence electrons. The second-order valence-corrected chi connectivity index (χ2v) is 3.83. The molecule has 3 heteroatoms. The molecule has 2 N–H and O–H groups in total. The van der Waals surface area contributed by atoms with E-state index >= 15 is 0 Å². The minimum atomic E-state index is -0.372. The summed E-state index contributed by atoms with van der Waals surface area (Å²) in [6, 6.07) is 9.60. The second-order valence-electron chi connectivity index (χ2n) is 3.83. The molecule has 1 aromatic heterocycles. The van der Waals surface area contributed by atoms with Crippen LogP contribution < -0.4 is 5.73 Å². The van der Waals surface area contributed by atoms with E-state index in [0.717, 1.165) is 23.1 Å². The number of hydrogen-bond acceptors (Lipinski definition) is 2. The average Bonchev–Trinajstić information content (AvgIpc) is 2.39. The summed E-state index contributed by atoms with van der Waals surface area (Å²) in [7, 11) is 0. The van der Waals surface area contributed by atoms with Crippen LogP contribution in [0.15, 0.2) is 42.7 Å². The van der Waals surface area contributed by atoms with Gasteiger partial charge in [0.25, 0.3) is 0 Å². The molecule has 2 rings (SSSR count). The van der Waals surface area contributed by atoms with Gasteiger partial charge < -0.3 is 5.73 Å². The number of nitrogens with two attached hydrogens (primary N) is 1. The molecule has 0 saturated heterocycles. The van der Waals surface area contributed by atoms with Gasteiger partial charge in [0.2, 0.25) is 5.91 Å². The van der Waals surface area contributed by atoms with Crippen LogP contribution in [0.4, 0.5) is 0 Å². The Morgan fingerprint density at radius 3 is 2.47 bits per heavy atom. The van der Waals surface area contributed by atoms with Gasteiger partial charge in [0.05, 0.1) is 0 Å². The van der Waals surface area contributed by atoms with Crippen LogP contribution in [-0.4, -0.2) is 10.9 Å². The maximum Gasteiger partial charge on any atom is 0.248 e. The number of benzene rings is 1. The van der Waals surface area contributed by atoms with Gasteiger partial charge in [0.1, 0.15) is 0 Å². The molecule has 0 fully saturated rings. The lowest BCUT2D eigenvalue weighted by Crippen LogP contribution is -2.13. The zero-order valence-corrected chi connectivity index (χ0v) is 9.68. The second kappa shape index (κ2) is 4.78. The summed E-state index contributed by atoms with van der Waals surface area (Å²) in [5.41, 5.74) is 9.08. The number of pyridine rings is 1. The Kier molecular flexibility index (Phi) is 3.19. The van der Waals surface area contributed by atoms with E-state index in [9.17, 15) is 4.79 Å². The predicted octanol–water partition coefficient (Wildman–Crippen LogP) is 2.41. The van der Waals surface area contributed by atoms with Crippen molar-refractivity contribution in [3.63, 3.8) is 0 Å². The maximum absolute atomic E-state index is 11.2. The monoisotopic (exact) mass is 226 g/mol. The number of amides is 1. The molecule has 0 saturated carbocycles. The zero-order valence-electron chi connectivity index (χ0n) is 9.68. The van der Waals surface area contributed by atoms with Gasteiger partial charge in [-0.3, -0.25) is 9.78 Å². The fraction of sp³-hybridized carbons (Fsp3) is 0.143.